The van der Waals surface area contributed by atoms with Gasteiger partial charge in [0, 0.05) is 22.5 Å². The Kier molecular flexibility index (Phi) is 6.50. The van der Waals surface area contributed by atoms with Gasteiger partial charge < -0.3 is 9.64 Å². The van der Waals surface area contributed by atoms with Crippen LogP contribution in [0.3, 0.4) is 0 Å². The summed E-state index contributed by atoms with van der Waals surface area (Å²) in [5.41, 5.74) is 4.79. The van der Waals surface area contributed by atoms with E-state index in [0.717, 1.165) is 39.6 Å². The summed E-state index contributed by atoms with van der Waals surface area (Å²) in [6.07, 6.45) is 4.51. The van der Waals surface area contributed by atoms with Crippen LogP contribution in [0.5, 0.6) is 0 Å². The molecule has 0 spiro atoms. The number of aldehydes is 1. The van der Waals surface area contributed by atoms with Crippen molar-refractivity contribution in [2.45, 2.75) is 6.61 Å². The molecule has 5 aromatic rings. The standard InChI is InChI=1S/C30H23NO2S/c32-21-26-19-24-7-4-5-8-25(24)20-27(26)22-33-17-16-23-12-14-29(15-13-23)31(30-11-6-18-34-30)28-9-2-1-3-10-28/h1-21H,22H2/b17-16-. The lowest BCUT2D eigenvalue weighted by atomic mass is 10.0. The van der Waals surface area contributed by atoms with Gasteiger partial charge in [-0.25, -0.2) is 0 Å². The lowest BCUT2D eigenvalue weighted by molar-refractivity contribution is 0.112. The average molecular weight is 462 g/mol. The quantitative estimate of drug-likeness (QED) is 0.172. The van der Waals surface area contributed by atoms with Crippen LogP contribution in [0.1, 0.15) is 21.5 Å². The number of fused-ring (bicyclic) bond motifs is 1. The van der Waals surface area contributed by atoms with Gasteiger partial charge in [-0.15, -0.1) is 11.3 Å². The Hall–Kier alpha value is -4.15. The smallest absolute Gasteiger partial charge is 0.150 e. The van der Waals surface area contributed by atoms with Gasteiger partial charge in [-0.2, -0.15) is 0 Å². The van der Waals surface area contributed by atoms with Gasteiger partial charge in [0.25, 0.3) is 0 Å². The molecule has 0 N–H and O–H groups in total. The number of hydrogen-bond acceptors (Lipinski definition) is 4. The minimum Gasteiger partial charge on any atom is -0.496 e. The molecular formula is C30H23NO2S. The van der Waals surface area contributed by atoms with E-state index in [1.54, 1.807) is 17.6 Å². The number of benzene rings is 4. The van der Waals surface area contributed by atoms with Gasteiger partial charge in [0.2, 0.25) is 0 Å². The van der Waals surface area contributed by atoms with Crippen LogP contribution < -0.4 is 4.90 Å². The number of ether oxygens (including phenoxy) is 1. The maximum atomic E-state index is 11.5. The number of rotatable bonds is 8. The summed E-state index contributed by atoms with van der Waals surface area (Å²) in [7, 11) is 0. The van der Waals surface area contributed by atoms with Crippen molar-refractivity contribution >= 4 is 50.8 Å². The first-order valence-electron chi connectivity index (χ1n) is 11.1. The van der Waals surface area contributed by atoms with Crippen LogP contribution in [0, 0.1) is 0 Å². The highest BCUT2D eigenvalue weighted by Crippen LogP contribution is 2.37. The van der Waals surface area contributed by atoms with Crippen molar-refractivity contribution in [1.82, 2.24) is 0 Å². The van der Waals surface area contributed by atoms with Gasteiger partial charge in [0.1, 0.15) is 12.9 Å². The van der Waals surface area contributed by atoms with Gasteiger partial charge >= 0.3 is 0 Å². The number of carbonyl (C=O) groups is 1. The molecular weight excluding hydrogens is 438 g/mol. The number of para-hydroxylation sites is 1. The SMILES string of the molecule is O=Cc1cc2ccccc2cc1CO/C=C\c1ccc(N(c2ccccc2)c2cccs2)cc1. The normalized spacial score (nSPS) is 11.1. The summed E-state index contributed by atoms with van der Waals surface area (Å²) >= 11 is 1.71. The van der Waals surface area contributed by atoms with Crippen molar-refractivity contribution in [3.8, 4) is 0 Å². The molecule has 166 valence electrons. The first kappa shape index (κ1) is 21.7. The molecule has 4 heteroatoms. The third-order valence-electron chi connectivity index (χ3n) is 5.62. The Bertz CT molecular complexity index is 1410. The first-order chi connectivity index (χ1) is 16.8. The predicted octanol–water partition coefficient (Wildman–Crippen LogP) is 8.37. The van der Waals surface area contributed by atoms with Crippen molar-refractivity contribution in [3.63, 3.8) is 0 Å². The van der Waals surface area contributed by atoms with Crippen LogP contribution in [0.4, 0.5) is 16.4 Å². The molecule has 0 fully saturated rings. The van der Waals surface area contributed by atoms with Crippen LogP contribution in [0.25, 0.3) is 16.8 Å². The Balaban J connectivity index is 1.29. The molecule has 0 aliphatic rings. The molecule has 34 heavy (non-hydrogen) atoms. The zero-order valence-corrected chi connectivity index (χ0v) is 19.3. The lowest BCUT2D eigenvalue weighted by Gasteiger charge is -2.23. The number of nitrogens with zero attached hydrogens (tertiary/aromatic N) is 1. The largest absolute Gasteiger partial charge is 0.496 e. The minimum absolute atomic E-state index is 0.341. The second-order valence-corrected chi connectivity index (χ2v) is 8.77. The molecule has 0 amide bonds. The average Bonchev–Trinajstić information content (AvgIpc) is 3.42. The maximum Gasteiger partial charge on any atom is 0.150 e. The van der Waals surface area contributed by atoms with E-state index in [9.17, 15) is 4.79 Å². The second-order valence-electron chi connectivity index (χ2n) is 7.84. The minimum atomic E-state index is 0.341. The third-order valence-corrected chi connectivity index (χ3v) is 6.48. The molecule has 1 aromatic heterocycles. The van der Waals surface area contributed by atoms with Crippen molar-refractivity contribution in [2.24, 2.45) is 0 Å². The number of anilines is 3. The van der Waals surface area contributed by atoms with Crippen LogP contribution in [0.2, 0.25) is 0 Å². The molecule has 0 unspecified atom stereocenters. The summed E-state index contributed by atoms with van der Waals surface area (Å²) in [5.74, 6) is 0. The van der Waals surface area contributed by atoms with E-state index in [1.807, 2.05) is 48.5 Å². The lowest BCUT2D eigenvalue weighted by Crippen LogP contribution is -2.07. The van der Waals surface area contributed by atoms with Gasteiger partial charge in [-0.3, -0.25) is 4.79 Å². The third kappa shape index (κ3) is 4.77. The van der Waals surface area contributed by atoms with E-state index in [0.29, 0.717) is 12.2 Å². The molecule has 0 radical (unpaired) electrons. The van der Waals surface area contributed by atoms with E-state index in [-0.39, 0.29) is 0 Å². The van der Waals surface area contributed by atoms with E-state index in [1.165, 1.54) is 5.00 Å². The first-order valence-corrected chi connectivity index (χ1v) is 11.9. The van der Waals surface area contributed by atoms with Crippen LogP contribution in [0.15, 0.2) is 115 Å². The van der Waals surface area contributed by atoms with Crippen molar-refractivity contribution in [1.29, 1.82) is 0 Å². The zero-order chi connectivity index (χ0) is 23.2. The molecule has 1 heterocycles. The fourth-order valence-electron chi connectivity index (χ4n) is 3.92. The van der Waals surface area contributed by atoms with E-state index >= 15 is 0 Å². The second kappa shape index (κ2) is 10.2. The summed E-state index contributed by atoms with van der Waals surface area (Å²) in [6.45, 7) is 0.341. The molecule has 0 bridgehead atoms. The Labute approximate surface area is 203 Å². The predicted molar refractivity (Wildman–Crippen MR) is 142 cm³/mol. The number of thiophene rings is 1. The number of hydrogen-bond donors (Lipinski definition) is 0. The molecule has 0 saturated heterocycles. The van der Waals surface area contributed by atoms with Gasteiger partial charge in [0.05, 0.1) is 11.3 Å². The molecule has 0 saturated carbocycles. The molecule has 0 atom stereocenters. The maximum absolute atomic E-state index is 11.5. The molecule has 3 nitrogen and oxygen atoms in total. The Morgan fingerprint density at radius 2 is 1.47 bits per heavy atom. The van der Waals surface area contributed by atoms with Gasteiger partial charge in [0.15, 0.2) is 0 Å². The van der Waals surface area contributed by atoms with E-state index < -0.39 is 0 Å². The van der Waals surface area contributed by atoms with E-state index in [2.05, 4.69) is 70.9 Å². The van der Waals surface area contributed by atoms with Crippen LogP contribution >= 0.6 is 11.3 Å². The Morgan fingerprint density at radius 1 is 0.765 bits per heavy atom. The monoisotopic (exact) mass is 461 g/mol. The van der Waals surface area contributed by atoms with Crippen molar-refractivity contribution in [3.05, 3.63) is 131 Å². The summed E-state index contributed by atoms with van der Waals surface area (Å²) in [4.78, 5) is 13.8. The fraction of sp³-hybridized carbons (Fsp3) is 0.0333. The van der Waals surface area contributed by atoms with Gasteiger partial charge in [-0.05, 0) is 76.3 Å². The summed E-state index contributed by atoms with van der Waals surface area (Å²) < 4.78 is 5.77. The number of carbonyl (C=O) groups excluding carboxylic acids is 1. The highest BCUT2D eigenvalue weighted by atomic mass is 32.1. The molecule has 4 aromatic carbocycles. The van der Waals surface area contributed by atoms with Crippen LogP contribution in [-0.4, -0.2) is 6.29 Å². The molecule has 5 rings (SSSR count). The van der Waals surface area contributed by atoms with Crippen molar-refractivity contribution < 1.29 is 9.53 Å². The summed E-state index contributed by atoms with van der Waals surface area (Å²) in [6, 6.07) is 34.9. The highest BCUT2D eigenvalue weighted by molar-refractivity contribution is 7.14. The van der Waals surface area contributed by atoms with Crippen LogP contribution in [-0.2, 0) is 11.3 Å². The topological polar surface area (TPSA) is 29.5 Å². The highest BCUT2D eigenvalue weighted by Gasteiger charge is 2.12. The van der Waals surface area contributed by atoms with E-state index in [4.69, 9.17) is 4.74 Å². The van der Waals surface area contributed by atoms with Crippen molar-refractivity contribution in [2.75, 3.05) is 4.90 Å². The molecule has 0 aliphatic heterocycles. The summed E-state index contributed by atoms with van der Waals surface area (Å²) in [5, 5.41) is 5.40. The zero-order valence-electron chi connectivity index (χ0n) is 18.5. The molecule has 0 aliphatic carbocycles. The van der Waals surface area contributed by atoms with Gasteiger partial charge in [-0.1, -0.05) is 54.6 Å². The fourth-order valence-corrected chi connectivity index (χ4v) is 4.69. The Morgan fingerprint density at radius 3 is 2.18 bits per heavy atom.